The molecule has 0 amide bonds. The van der Waals surface area contributed by atoms with Crippen molar-refractivity contribution in [2.75, 3.05) is 13.2 Å². The summed E-state index contributed by atoms with van der Waals surface area (Å²) in [6.45, 7) is 4.96. The van der Waals surface area contributed by atoms with Crippen LogP contribution < -0.4 is 10.5 Å². The topological polar surface area (TPSA) is 55.5 Å². The molecule has 3 nitrogen and oxygen atoms in total. The molecule has 1 atom stereocenters. The normalized spacial score (nSPS) is 14.1. The summed E-state index contributed by atoms with van der Waals surface area (Å²) >= 11 is 0. The van der Waals surface area contributed by atoms with Crippen molar-refractivity contribution in [2.45, 2.75) is 51.6 Å². The lowest BCUT2D eigenvalue weighted by Crippen LogP contribution is -2.33. The van der Waals surface area contributed by atoms with Crippen LogP contribution in [-0.4, -0.2) is 23.9 Å². The van der Waals surface area contributed by atoms with Crippen molar-refractivity contribution in [3.8, 4) is 5.75 Å². The van der Waals surface area contributed by atoms with Gasteiger partial charge in [-0.2, -0.15) is 0 Å². The quantitative estimate of drug-likeness (QED) is 0.675. The molecule has 0 aliphatic heterocycles. The fourth-order valence-electron chi connectivity index (χ4n) is 1.94. The number of aliphatic hydroxyl groups is 1. The predicted molar refractivity (Wildman–Crippen MR) is 79.5 cm³/mol. The van der Waals surface area contributed by atoms with E-state index in [2.05, 4.69) is 19.1 Å². The van der Waals surface area contributed by atoms with E-state index in [1.165, 1.54) is 12.0 Å². The first-order chi connectivity index (χ1) is 9.07. The molecule has 1 unspecified atom stereocenters. The summed E-state index contributed by atoms with van der Waals surface area (Å²) < 4.78 is 5.67. The third-order valence-electron chi connectivity index (χ3n) is 3.28. The molecular formula is C16H27NO2. The largest absolute Gasteiger partial charge is 0.494 e. The summed E-state index contributed by atoms with van der Waals surface area (Å²) in [6, 6.07) is 8.30. The van der Waals surface area contributed by atoms with Gasteiger partial charge in [-0.05, 0) is 50.3 Å². The van der Waals surface area contributed by atoms with Crippen molar-refractivity contribution >= 4 is 0 Å². The van der Waals surface area contributed by atoms with E-state index in [4.69, 9.17) is 10.5 Å². The summed E-state index contributed by atoms with van der Waals surface area (Å²) in [4.78, 5) is 0. The van der Waals surface area contributed by atoms with Gasteiger partial charge in [-0.1, -0.05) is 25.5 Å². The molecule has 3 N–H and O–H groups in total. The Bertz CT molecular complexity index is 346. The van der Waals surface area contributed by atoms with Crippen molar-refractivity contribution in [3.63, 3.8) is 0 Å². The molecule has 1 rings (SSSR count). The molecule has 0 heterocycles. The van der Waals surface area contributed by atoms with Crippen LogP contribution in [0.1, 0.15) is 45.1 Å². The number of hydrogen-bond donors (Lipinski definition) is 2. The second kappa shape index (κ2) is 8.18. The van der Waals surface area contributed by atoms with E-state index < -0.39 is 5.60 Å². The Kier molecular flexibility index (Phi) is 6.89. The zero-order valence-electron chi connectivity index (χ0n) is 12.2. The van der Waals surface area contributed by atoms with Gasteiger partial charge in [0.05, 0.1) is 12.2 Å². The maximum atomic E-state index is 9.75. The smallest absolute Gasteiger partial charge is 0.119 e. The second-order valence-corrected chi connectivity index (χ2v) is 5.40. The first kappa shape index (κ1) is 16.0. The lowest BCUT2D eigenvalue weighted by molar-refractivity contribution is 0.0562. The van der Waals surface area contributed by atoms with Crippen molar-refractivity contribution in [1.82, 2.24) is 0 Å². The minimum absolute atomic E-state index is 0.312. The number of benzene rings is 1. The fourth-order valence-corrected chi connectivity index (χ4v) is 1.94. The highest BCUT2D eigenvalue weighted by Crippen LogP contribution is 2.15. The average molecular weight is 265 g/mol. The molecule has 0 aromatic heterocycles. The van der Waals surface area contributed by atoms with Gasteiger partial charge in [0.25, 0.3) is 0 Å². The van der Waals surface area contributed by atoms with Crippen molar-refractivity contribution in [3.05, 3.63) is 29.8 Å². The molecular weight excluding hydrogens is 238 g/mol. The number of unbranched alkanes of at least 4 members (excludes halogenated alkanes) is 1. The Morgan fingerprint density at radius 3 is 2.47 bits per heavy atom. The van der Waals surface area contributed by atoms with Crippen molar-refractivity contribution < 1.29 is 9.84 Å². The highest BCUT2D eigenvalue weighted by atomic mass is 16.5. The van der Waals surface area contributed by atoms with E-state index in [-0.39, 0.29) is 0 Å². The minimum Gasteiger partial charge on any atom is -0.494 e. The molecule has 1 aromatic rings. The number of rotatable bonds is 9. The van der Waals surface area contributed by atoms with Crippen LogP contribution in [0.5, 0.6) is 5.75 Å². The van der Waals surface area contributed by atoms with Crippen LogP contribution in [0.2, 0.25) is 0 Å². The highest BCUT2D eigenvalue weighted by molar-refractivity contribution is 5.27. The zero-order valence-corrected chi connectivity index (χ0v) is 12.2. The third kappa shape index (κ3) is 6.60. The van der Waals surface area contributed by atoms with E-state index in [0.29, 0.717) is 13.2 Å². The van der Waals surface area contributed by atoms with Crippen LogP contribution in [0.4, 0.5) is 0 Å². The Hall–Kier alpha value is -1.06. The third-order valence-corrected chi connectivity index (χ3v) is 3.28. The molecule has 0 saturated carbocycles. The highest BCUT2D eigenvalue weighted by Gasteiger charge is 2.16. The molecule has 3 heteroatoms. The van der Waals surface area contributed by atoms with Crippen LogP contribution in [0, 0.1) is 0 Å². The molecule has 19 heavy (non-hydrogen) atoms. The van der Waals surface area contributed by atoms with E-state index >= 15 is 0 Å². The monoisotopic (exact) mass is 265 g/mol. The Morgan fingerprint density at radius 1 is 1.21 bits per heavy atom. The van der Waals surface area contributed by atoms with Gasteiger partial charge < -0.3 is 15.6 Å². The van der Waals surface area contributed by atoms with Crippen LogP contribution in [0.25, 0.3) is 0 Å². The molecule has 0 aliphatic carbocycles. The average Bonchev–Trinajstić information content (AvgIpc) is 2.40. The van der Waals surface area contributed by atoms with Crippen molar-refractivity contribution in [2.24, 2.45) is 5.73 Å². The van der Waals surface area contributed by atoms with E-state index in [1.807, 2.05) is 12.1 Å². The zero-order chi connectivity index (χ0) is 14.1. The summed E-state index contributed by atoms with van der Waals surface area (Å²) in [6.07, 6.45) is 4.88. The van der Waals surface area contributed by atoms with Gasteiger partial charge in [0, 0.05) is 6.54 Å². The Labute approximate surface area is 116 Å². The maximum absolute atomic E-state index is 9.75. The molecule has 0 radical (unpaired) electrons. The molecule has 0 fully saturated rings. The van der Waals surface area contributed by atoms with Gasteiger partial charge in [0.1, 0.15) is 5.75 Å². The number of aryl methyl sites for hydroxylation is 1. The number of ether oxygens (including phenoxy) is 1. The van der Waals surface area contributed by atoms with E-state index in [0.717, 1.165) is 31.4 Å². The SMILES string of the molecule is CCCc1ccc(OCCCCC(C)(O)CN)cc1. The van der Waals surface area contributed by atoms with Crippen LogP contribution in [-0.2, 0) is 6.42 Å². The lowest BCUT2D eigenvalue weighted by Gasteiger charge is -2.20. The van der Waals surface area contributed by atoms with Crippen molar-refractivity contribution in [1.29, 1.82) is 0 Å². The van der Waals surface area contributed by atoms with Crippen LogP contribution in [0.15, 0.2) is 24.3 Å². The Balaban J connectivity index is 2.19. The molecule has 108 valence electrons. The predicted octanol–water partition coefficient (Wildman–Crippen LogP) is 2.90. The lowest BCUT2D eigenvalue weighted by atomic mass is 10.00. The van der Waals surface area contributed by atoms with Gasteiger partial charge in [-0.3, -0.25) is 0 Å². The molecule has 0 aliphatic rings. The first-order valence-corrected chi connectivity index (χ1v) is 7.21. The number of hydrogen-bond acceptors (Lipinski definition) is 3. The standard InChI is InChI=1S/C16H27NO2/c1-3-6-14-7-9-15(10-8-14)19-12-5-4-11-16(2,18)13-17/h7-10,18H,3-6,11-13,17H2,1-2H3. The molecule has 0 bridgehead atoms. The molecule has 0 saturated heterocycles. The van der Waals surface area contributed by atoms with E-state index in [9.17, 15) is 5.11 Å². The Morgan fingerprint density at radius 2 is 1.89 bits per heavy atom. The molecule has 0 spiro atoms. The summed E-state index contributed by atoms with van der Waals surface area (Å²) in [5.74, 6) is 0.922. The second-order valence-electron chi connectivity index (χ2n) is 5.40. The maximum Gasteiger partial charge on any atom is 0.119 e. The van der Waals surface area contributed by atoms with E-state index in [1.54, 1.807) is 6.92 Å². The summed E-state index contributed by atoms with van der Waals surface area (Å²) in [5, 5.41) is 9.75. The minimum atomic E-state index is -0.734. The van der Waals surface area contributed by atoms with Gasteiger partial charge in [0.2, 0.25) is 0 Å². The fraction of sp³-hybridized carbons (Fsp3) is 0.625. The van der Waals surface area contributed by atoms with Gasteiger partial charge in [-0.25, -0.2) is 0 Å². The number of nitrogens with two attached hydrogens (primary N) is 1. The summed E-state index contributed by atoms with van der Waals surface area (Å²) in [5.41, 5.74) is 6.09. The summed E-state index contributed by atoms with van der Waals surface area (Å²) in [7, 11) is 0. The van der Waals surface area contributed by atoms with Gasteiger partial charge in [0.15, 0.2) is 0 Å². The van der Waals surface area contributed by atoms with Gasteiger partial charge >= 0.3 is 0 Å². The van der Waals surface area contributed by atoms with Crippen LogP contribution in [0.3, 0.4) is 0 Å². The van der Waals surface area contributed by atoms with Crippen LogP contribution >= 0.6 is 0 Å². The first-order valence-electron chi connectivity index (χ1n) is 7.21. The van der Waals surface area contributed by atoms with Gasteiger partial charge in [-0.15, -0.1) is 0 Å². The molecule has 1 aromatic carbocycles.